The summed E-state index contributed by atoms with van der Waals surface area (Å²) in [5, 5.41) is 3.41. The van der Waals surface area contributed by atoms with Crippen LogP contribution in [0, 0.1) is 5.92 Å². The Morgan fingerprint density at radius 1 is 1.22 bits per heavy atom. The summed E-state index contributed by atoms with van der Waals surface area (Å²) < 4.78 is 4.92. The first kappa shape index (κ1) is 18.9. The van der Waals surface area contributed by atoms with E-state index in [2.05, 4.69) is 17.7 Å². The molecule has 0 aromatic heterocycles. The fourth-order valence-electron chi connectivity index (χ4n) is 3.43. The number of carbonyl (C=O) groups excluding carboxylic acids is 4. The topological polar surface area (TPSA) is 105 Å². The number of carbonyl (C=O) groups is 4. The molecule has 1 heterocycles. The van der Waals surface area contributed by atoms with Crippen LogP contribution in [0.5, 0.6) is 0 Å². The Bertz CT molecular complexity index is 741. The van der Waals surface area contributed by atoms with Gasteiger partial charge in [0.05, 0.1) is 6.42 Å². The smallest absolute Gasteiger partial charge is 0.344 e. The van der Waals surface area contributed by atoms with Gasteiger partial charge >= 0.3 is 12.0 Å². The van der Waals surface area contributed by atoms with Crippen molar-refractivity contribution in [1.82, 2.24) is 15.8 Å². The second kappa shape index (κ2) is 7.77. The highest BCUT2D eigenvalue weighted by molar-refractivity contribution is 6.08. The second-order valence-electron chi connectivity index (χ2n) is 7.19. The molecule has 2 fully saturated rings. The highest BCUT2D eigenvalue weighted by Crippen LogP contribution is 2.35. The average Bonchev–Trinajstić information content (AvgIpc) is 2.88. The number of esters is 1. The SMILES string of the molecule is CC1CCC2(CC1)NC(=O)N(NC(=O)COC(=O)Cc1ccccc1)C2=O. The summed E-state index contributed by atoms with van der Waals surface area (Å²) in [5.74, 6) is -1.25. The number of imide groups is 1. The third-order valence-corrected chi connectivity index (χ3v) is 5.08. The van der Waals surface area contributed by atoms with Gasteiger partial charge in [0.25, 0.3) is 11.8 Å². The van der Waals surface area contributed by atoms with Crippen LogP contribution in [-0.2, 0) is 25.5 Å². The van der Waals surface area contributed by atoms with Crippen molar-refractivity contribution in [2.24, 2.45) is 5.92 Å². The maximum atomic E-state index is 12.6. The lowest BCUT2D eigenvalue weighted by molar-refractivity contribution is -0.150. The van der Waals surface area contributed by atoms with Gasteiger partial charge in [-0.2, -0.15) is 5.01 Å². The summed E-state index contributed by atoms with van der Waals surface area (Å²) in [7, 11) is 0. The summed E-state index contributed by atoms with van der Waals surface area (Å²) in [6.07, 6.45) is 2.82. The fourth-order valence-corrected chi connectivity index (χ4v) is 3.43. The molecule has 0 radical (unpaired) electrons. The molecule has 1 saturated carbocycles. The van der Waals surface area contributed by atoms with Crippen LogP contribution in [0.25, 0.3) is 0 Å². The van der Waals surface area contributed by atoms with Crippen LogP contribution in [0.2, 0.25) is 0 Å². The summed E-state index contributed by atoms with van der Waals surface area (Å²) in [5.41, 5.74) is 2.08. The molecule has 27 heavy (non-hydrogen) atoms. The standard InChI is InChI=1S/C19H23N3O5/c1-13-7-9-19(10-8-13)17(25)22(18(26)20-19)21-15(23)12-27-16(24)11-14-5-3-2-4-6-14/h2-6,13H,7-12H2,1H3,(H,20,26)(H,21,23). The Morgan fingerprint density at radius 3 is 2.56 bits per heavy atom. The number of hydrogen-bond donors (Lipinski definition) is 2. The Labute approximate surface area is 157 Å². The molecule has 4 amide bonds. The predicted octanol–water partition coefficient (Wildman–Crippen LogP) is 1.30. The first-order valence-corrected chi connectivity index (χ1v) is 9.05. The zero-order valence-corrected chi connectivity index (χ0v) is 15.2. The zero-order valence-electron chi connectivity index (χ0n) is 15.2. The van der Waals surface area contributed by atoms with E-state index in [0.717, 1.165) is 18.4 Å². The van der Waals surface area contributed by atoms with Gasteiger partial charge < -0.3 is 10.1 Å². The lowest BCUT2D eigenvalue weighted by Crippen LogP contribution is -2.52. The van der Waals surface area contributed by atoms with Crippen molar-refractivity contribution in [3.63, 3.8) is 0 Å². The van der Waals surface area contributed by atoms with Crippen LogP contribution in [-0.4, -0.2) is 41.0 Å². The lowest BCUT2D eigenvalue weighted by atomic mass is 9.77. The summed E-state index contributed by atoms with van der Waals surface area (Å²) >= 11 is 0. The summed E-state index contributed by atoms with van der Waals surface area (Å²) in [6, 6.07) is 8.33. The highest BCUT2D eigenvalue weighted by atomic mass is 16.5. The van der Waals surface area contributed by atoms with Gasteiger partial charge in [0, 0.05) is 0 Å². The number of benzene rings is 1. The Balaban J connectivity index is 1.49. The van der Waals surface area contributed by atoms with E-state index >= 15 is 0 Å². The number of hydrogen-bond acceptors (Lipinski definition) is 5. The maximum Gasteiger partial charge on any atom is 0.344 e. The molecule has 1 aromatic carbocycles. The van der Waals surface area contributed by atoms with Crippen molar-refractivity contribution >= 4 is 23.8 Å². The van der Waals surface area contributed by atoms with Crippen molar-refractivity contribution in [3.8, 4) is 0 Å². The van der Waals surface area contributed by atoms with Crippen LogP contribution in [0.1, 0.15) is 38.2 Å². The van der Waals surface area contributed by atoms with Crippen LogP contribution >= 0.6 is 0 Å². The molecule has 8 heteroatoms. The molecular weight excluding hydrogens is 350 g/mol. The molecule has 0 unspecified atom stereocenters. The van der Waals surface area contributed by atoms with Crippen molar-refractivity contribution in [2.45, 2.75) is 44.6 Å². The molecule has 8 nitrogen and oxygen atoms in total. The highest BCUT2D eigenvalue weighted by Gasteiger charge is 2.52. The monoisotopic (exact) mass is 373 g/mol. The van der Waals surface area contributed by atoms with Crippen molar-refractivity contribution in [2.75, 3.05) is 6.61 Å². The summed E-state index contributed by atoms with van der Waals surface area (Å²) in [4.78, 5) is 48.6. The largest absolute Gasteiger partial charge is 0.455 e. The van der Waals surface area contributed by atoms with Gasteiger partial charge in [0.2, 0.25) is 0 Å². The predicted molar refractivity (Wildman–Crippen MR) is 95.0 cm³/mol. The van der Waals surface area contributed by atoms with E-state index in [4.69, 9.17) is 4.74 Å². The van der Waals surface area contributed by atoms with Gasteiger partial charge in [-0.25, -0.2) is 4.79 Å². The normalized spacial score (nSPS) is 24.6. The van der Waals surface area contributed by atoms with Crippen LogP contribution < -0.4 is 10.7 Å². The lowest BCUT2D eigenvalue weighted by Gasteiger charge is -2.33. The third-order valence-electron chi connectivity index (χ3n) is 5.08. The molecule has 0 bridgehead atoms. The van der Waals surface area contributed by atoms with Crippen LogP contribution in [0.4, 0.5) is 4.79 Å². The van der Waals surface area contributed by atoms with Gasteiger partial charge in [-0.15, -0.1) is 0 Å². The Morgan fingerprint density at radius 2 is 1.89 bits per heavy atom. The number of nitrogens with zero attached hydrogens (tertiary/aromatic N) is 1. The number of nitrogens with one attached hydrogen (secondary N) is 2. The van der Waals surface area contributed by atoms with Gasteiger partial charge in [-0.3, -0.25) is 19.8 Å². The molecule has 144 valence electrons. The number of rotatable bonds is 5. The van der Waals surface area contributed by atoms with Gasteiger partial charge in [0.15, 0.2) is 6.61 Å². The molecule has 1 aliphatic carbocycles. The van der Waals surface area contributed by atoms with Crippen molar-refractivity contribution < 1.29 is 23.9 Å². The van der Waals surface area contributed by atoms with E-state index in [0.29, 0.717) is 23.8 Å². The molecule has 2 aliphatic rings. The van der Waals surface area contributed by atoms with Gasteiger partial charge in [0.1, 0.15) is 5.54 Å². The molecule has 1 aliphatic heterocycles. The van der Waals surface area contributed by atoms with E-state index in [9.17, 15) is 19.2 Å². The number of amides is 4. The van der Waals surface area contributed by atoms with Gasteiger partial charge in [-0.05, 0) is 37.2 Å². The van der Waals surface area contributed by atoms with Crippen molar-refractivity contribution in [1.29, 1.82) is 0 Å². The minimum absolute atomic E-state index is 0.0402. The van der Waals surface area contributed by atoms with Crippen LogP contribution in [0.15, 0.2) is 30.3 Å². The maximum absolute atomic E-state index is 12.6. The van der Waals surface area contributed by atoms with E-state index in [1.165, 1.54) is 0 Å². The number of urea groups is 1. The van der Waals surface area contributed by atoms with E-state index < -0.39 is 36.0 Å². The molecule has 2 N–H and O–H groups in total. The van der Waals surface area contributed by atoms with Gasteiger partial charge in [-0.1, -0.05) is 37.3 Å². The number of ether oxygens (including phenoxy) is 1. The van der Waals surface area contributed by atoms with E-state index in [1.807, 2.05) is 6.07 Å². The molecular formula is C19H23N3O5. The molecule has 1 aromatic rings. The number of hydrazine groups is 1. The minimum atomic E-state index is -0.930. The second-order valence-corrected chi connectivity index (χ2v) is 7.19. The average molecular weight is 373 g/mol. The zero-order chi connectivity index (χ0) is 19.4. The molecule has 3 rings (SSSR count). The van der Waals surface area contributed by atoms with E-state index in [-0.39, 0.29) is 6.42 Å². The molecule has 0 atom stereocenters. The minimum Gasteiger partial charge on any atom is -0.455 e. The Kier molecular flexibility index (Phi) is 5.43. The third kappa shape index (κ3) is 4.27. The first-order chi connectivity index (χ1) is 12.9. The Hall–Kier alpha value is -2.90. The van der Waals surface area contributed by atoms with E-state index in [1.54, 1.807) is 24.3 Å². The van der Waals surface area contributed by atoms with Crippen molar-refractivity contribution in [3.05, 3.63) is 35.9 Å². The molecule has 1 saturated heterocycles. The van der Waals surface area contributed by atoms with Crippen LogP contribution in [0.3, 0.4) is 0 Å². The fraction of sp³-hybridized carbons (Fsp3) is 0.474. The molecule has 1 spiro atoms. The quantitative estimate of drug-likeness (QED) is 0.598. The first-order valence-electron chi connectivity index (χ1n) is 9.05. The summed E-state index contributed by atoms with van der Waals surface area (Å²) in [6.45, 7) is 1.55.